The lowest BCUT2D eigenvalue weighted by Crippen LogP contribution is -2.16. The number of fused-ring (bicyclic) bond motifs is 1. The van der Waals surface area contributed by atoms with Crippen molar-refractivity contribution < 1.29 is 4.79 Å². The normalized spacial score (nSPS) is 10.6. The highest BCUT2D eigenvalue weighted by Gasteiger charge is 2.13. The molecule has 0 unspecified atom stereocenters. The number of aryl methyl sites for hydroxylation is 1. The predicted molar refractivity (Wildman–Crippen MR) is 70.7 cm³/mol. The van der Waals surface area contributed by atoms with E-state index in [1.54, 1.807) is 17.8 Å². The number of carbonyl (C=O) groups is 1. The molecular weight excluding hydrogens is 242 g/mol. The van der Waals surface area contributed by atoms with Crippen molar-refractivity contribution in [2.45, 2.75) is 0 Å². The van der Waals surface area contributed by atoms with E-state index in [0.717, 1.165) is 10.8 Å². The van der Waals surface area contributed by atoms with Crippen LogP contribution in [0, 0.1) is 0 Å². The second kappa shape index (κ2) is 4.49. The molecule has 2 heterocycles. The molecule has 94 valence electrons. The van der Waals surface area contributed by atoms with Gasteiger partial charge in [0.25, 0.3) is 5.91 Å². The summed E-state index contributed by atoms with van der Waals surface area (Å²) in [5, 5.41) is 12.0. The van der Waals surface area contributed by atoms with Crippen LogP contribution in [-0.4, -0.2) is 25.7 Å². The first-order valence-corrected chi connectivity index (χ1v) is 5.75. The minimum Gasteiger partial charge on any atom is -0.303 e. The lowest BCUT2D eigenvalue weighted by Gasteiger charge is -2.06. The van der Waals surface area contributed by atoms with Gasteiger partial charge in [-0.2, -0.15) is 0 Å². The molecule has 1 aromatic carbocycles. The fourth-order valence-corrected chi connectivity index (χ4v) is 1.86. The Morgan fingerprint density at radius 3 is 2.89 bits per heavy atom. The van der Waals surface area contributed by atoms with Crippen molar-refractivity contribution in [1.82, 2.24) is 19.7 Å². The maximum atomic E-state index is 12.2. The Hall–Kier alpha value is -2.76. The summed E-state index contributed by atoms with van der Waals surface area (Å²) in [6, 6.07) is 9.48. The number of carbonyl (C=O) groups excluding carboxylic acids is 1. The Labute approximate surface area is 109 Å². The maximum absolute atomic E-state index is 12.2. The first-order valence-electron chi connectivity index (χ1n) is 5.75. The van der Waals surface area contributed by atoms with Gasteiger partial charge in [-0.25, -0.2) is 0 Å². The number of pyridine rings is 1. The third-order valence-electron chi connectivity index (χ3n) is 2.83. The Morgan fingerprint density at radius 1 is 1.26 bits per heavy atom. The molecule has 2 aromatic heterocycles. The Morgan fingerprint density at radius 2 is 2.11 bits per heavy atom. The van der Waals surface area contributed by atoms with Gasteiger partial charge in [-0.3, -0.25) is 15.1 Å². The molecule has 6 heteroatoms. The molecule has 1 N–H and O–H groups in total. The molecule has 0 aliphatic heterocycles. The van der Waals surface area contributed by atoms with Crippen LogP contribution in [0.25, 0.3) is 10.8 Å². The Kier molecular flexibility index (Phi) is 2.68. The van der Waals surface area contributed by atoms with Crippen LogP contribution in [0.5, 0.6) is 0 Å². The van der Waals surface area contributed by atoms with E-state index in [4.69, 9.17) is 0 Å². The second-order valence-electron chi connectivity index (χ2n) is 4.10. The van der Waals surface area contributed by atoms with E-state index in [0.29, 0.717) is 11.6 Å². The fourth-order valence-electron chi connectivity index (χ4n) is 1.86. The molecular formula is C13H11N5O. The third kappa shape index (κ3) is 2.03. The van der Waals surface area contributed by atoms with Crippen molar-refractivity contribution in [3.05, 3.63) is 48.5 Å². The summed E-state index contributed by atoms with van der Waals surface area (Å²) in [6.07, 6.45) is 3.14. The minimum atomic E-state index is -0.298. The molecule has 3 rings (SSSR count). The van der Waals surface area contributed by atoms with E-state index >= 15 is 0 Å². The van der Waals surface area contributed by atoms with Gasteiger partial charge >= 0.3 is 0 Å². The molecule has 0 radical (unpaired) electrons. The maximum Gasteiger partial charge on any atom is 0.277 e. The highest BCUT2D eigenvalue weighted by atomic mass is 16.2. The monoisotopic (exact) mass is 253 g/mol. The van der Waals surface area contributed by atoms with Gasteiger partial charge in [-0.1, -0.05) is 24.3 Å². The Bertz CT molecular complexity index is 744. The number of rotatable bonds is 2. The van der Waals surface area contributed by atoms with Gasteiger partial charge in [-0.15, -0.1) is 10.2 Å². The quantitative estimate of drug-likeness (QED) is 0.753. The van der Waals surface area contributed by atoms with Crippen LogP contribution in [0.15, 0.2) is 42.9 Å². The summed E-state index contributed by atoms with van der Waals surface area (Å²) in [4.78, 5) is 16.4. The van der Waals surface area contributed by atoms with Gasteiger partial charge in [0.2, 0.25) is 5.95 Å². The van der Waals surface area contributed by atoms with Gasteiger partial charge in [-0.05, 0) is 11.5 Å². The van der Waals surface area contributed by atoms with Crippen LogP contribution in [0.3, 0.4) is 0 Å². The second-order valence-corrected chi connectivity index (χ2v) is 4.10. The molecule has 3 aromatic rings. The average Bonchev–Trinajstić information content (AvgIpc) is 2.83. The van der Waals surface area contributed by atoms with E-state index < -0.39 is 0 Å². The van der Waals surface area contributed by atoms with E-state index in [1.165, 1.54) is 6.33 Å². The highest BCUT2D eigenvalue weighted by Crippen LogP contribution is 2.17. The first kappa shape index (κ1) is 11.3. The van der Waals surface area contributed by atoms with Crippen molar-refractivity contribution in [1.29, 1.82) is 0 Å². The van der Waals surface area contributed by atoms with Crippen molar-refractivity contribution in [3.8, 4) is 0 Å². The molecule has 0 aliphatic rings. The molecule has 19 heavy (non-hydrogen) atoms. The molecule has 0 atom stereocenters. The largest absolute Gasteiger partial charge is 0.303 e. The summed E-state index contributed by atoms with van der Waals surface area (Å²) < 4.78 is 1.63. The van der Waals surface area contributed by atoms with E-state index in [9.17, 15) is 4.79 Å². The van der Waals surface area contributed by atoms with Crippen LogP contribution in [0.2, 0.25) is 0 Å². The van der Waals surface area contributed by atoms with Crippen LogP contribution >= 0.6 is 0 Å². The van der Waals surface area contributed by atoms with Gasteiger partial charge in [0, 0.05) is 18.6 Å². The molecule has 1 amide bonds. The molecule has 0 spiro atoms. The summed E-state index contributed by atoms with van der Waals surface area (Å²) in [6.45, 7) is 0. The average molecular weight is 253 g/mol. The number of nitrogens with zero attached hydrogens (tertiary/aromatic N) is 4. The molecule has 0 saturated heterocycles. The number of hydrogen-bond donors (Lipinski definition) is 1. The highest BCUT2D eigenvalue weighted by molar-refractivity contribution is 6.10. The van der Waals surface area contributed by atoms with Crippen LogP contribution in [0.1, 0.15) is 10.5 Å². The van der Waals surface area contributed by atoms with E-state index in [1.807, 2.05) is 30.3 Å². The molecule has 0 fully saturated rings. The molecule has 0 bridgehead atoms. The standard InChI is InChI=1S/C13H11N5O/c1-18-8-15-17-13(18)16-12(19)11-10-5-3-2-4-9(10)6-7-14-11/h2-8H,1H3,(H,16,17,19). The number of benzene rings is 1. The van der Waals surface area contributed by atoms with Crippen molar-refractivity contribution in [2.75, 3.05) is 5.32 Å². The number of anilines is 1. The summed E-state index contributed by atoms with van der Waals surface area (Å²) in [7, 11) is 1.76. The van der Waals surface area contributed by atoms with Crippen molar-refractivity contribution >= 4 is 22.6 Å². The lowest BCUT2D eigenvalue weighted by atomic mass is 10.1. The lowest BCUT2D eigenvalue weighted by molar-refractivity contribution is 0.102. The van der Waals surface area contributed by atoms with Gasteiger partial charge in [0.1, 0.15) is 12.0 Å². The smallest absolute Gasteiger partial charge is 0.277 e. The number of amides is 1. The van der Waals surface area contributed by atoms with Gasteiger partial charge < -0.3 is 4.57 Å². The topological polar surface area (TPSA) is 72.7 Å². The molecule has 0 saturated carbocycles. The summed E-state index contributed by atoms with van der Waals surface area (Å²) in [5.74, 6) is 0.0904. The van der Waals surface area contributed by atoms with Crippen molar-refractivity contribution in [3.63, 3.8) is 0 Å². The minimum absolute atomic E-state index is 0.298. The summed E-state index contributed by atoms with van der Waals surface area (Å²) in [5.41, 5.74) is 0.376. The van der Waals surface area contributed by atoms with Crippen LogP contribution in [0.4, 0.5) is 5.95 Å². The number of hydrogen-bond acceptors (Lipinski definition) is 4. The van der Waals surface area contributed by atoms with E-state index in [2.05, 4.69) is 20.5 Å². The van der Waals surface area contributed by atoms with Gasteiger partial charge in [0.05, 0.1) is 0 Å². The summed E-state index contributed by atoms with van der Waals surface area (Å²) >= 11 is 0. The zero-order valence-electron chi connectivity index (χ0n) is 10.2. The Balaban J connectivity index is 2.00. The van der Waals surface area contributed by atoms with Crippen molar-refractivity contribution in [2.24, 2.45) is 7.05 Å². The number of nitrogens with one attached hydrogen (secondary N) is 1. The number of aromatic nitrogens is 4. The predicted octanol–water partition coefficient (Wildman–Crippen LogP) is 1.62. The van der Waals surface area contributed by atoms with Gasteiger partial charge in [0.15, 0.2) is 0 Å². The fraction of sp³-hybridized carbons (Fsp3) is 0.0769. The van der Waals surface area contributed by atoms with Crippen LogP contribution in [-0.2, 0) is 7.05 Å². The van der Waals surface area contributed by atoms with Crippen LogP contribution < -0.4 is 5.32 Å². The molecule has 6 nitrogen and oxygen atoms in total. The zero-order valence-corrected chi connectivity index (χ0v) is 10.2. The SMILES string of the molecule is Cn1cnnc1NC(=O)c1nccc2ccccc12. The van der Waals surface area contributed by atoms with E-state index in [-0.39, 0.29) is 5.91 Å². The first-order chi connectivity index (χ1) is 9.25. The molecule has 0 aliphatic carbocycles. The third-order valence-corrected chi connectivity index (χ3v) is 2.83. The zero-order chi connectivity index (χ0) is 13.2.